The molecule has 0 heterocycles. The summed E-state index contributed by atoms with van der Waals surface area (Å²) >= 11 is 4.52. The fourth-order valence-electron chi connectivity index (χ4n) is 0.445. The number of thiocarbonyl (C=S) groups is 1. The van der Waals surface area contributed by atoms with Crippen molar-refractivity contribution in [2.45, 2.75) is 6.92 Å². The minimum atomic E-state index is -0.00130. The molecule has 0 aromatic heterocycles. The molecular weight excluding hydrogens is 134 g/mol. The molecule has 0 amide bonds. The Bertz CT molecular complexity index is 151. The fourth-order valence-corrected chi connectivity index (χ4v) is 0.581. The van der Waals surface area contributed by atoms with Crippen LogP contribution in [0.5, 0.6) is 0 Å². The Morgan fingerprint density at radius 1 is 1.67 bits per heavy atom. The third kappa shape index (κ3) is 2.98. The van der Waals surface area contributed by atoms with Crippen LogP contribution in [0.15, 0.2) is 11.8 Å². The quantitative estimate of drug-likeness (QED) is 0.465. The summed E-state index contributed by atoms with van der Waals surface area (Å²) in [4.78, 5) is 10.6. The SMILES string of the molecule is CN/C(=C\C=S)C(C)=O. The van der Waals surface area contributed by atoms with Crippen LogP contribution in [0, 0.1) is 0 Å². The first-order valence-corrected chi connectivity index (χ1v) is 3.03. The van der Waals surface area contributed by atoms with Gasteiger partial charge in [0.1, 0.15) is 0 Å². The predicted octanol–water partition coefficient (Wildman–Crippen LogP) is 0.678. The Balaban J connectivity index is 4.14. The molecule has 0 aromatic rings. The van der Waals surface area contributed by atoms with Gasteiger partial charge >= 0.3 is 0 Å². The van der Waals surface area contributed by atoms with Gasteiger partial charge in [-0.25, -0.2) is 0 Å². The van der Waals surface area contributed by atoms with Crippen molar-refractivity contribution in [2.24, 2.45) is 0 Å². The van der Waals surface area contributed by atoms with E-state index in [1.165, 1.54) is 12.3 Å². The third-order valence-corrected chi connectivity index (χ3v) is 1.02. The van der Waals surface area contributed by atoms with Crippen molar-refractivity contribution in [1.29, 1.82) is 0 Å². The molecule has 2 nitrogen and oxygen atoms in total. The maximum absolute atomic E-state index is 10.6. The van der Waals surface area contributed by atoms with Gasteiger partial charge in [0.25, 0.3) is 0 Å². The first-order valence-electron chi connectivity index (χ1n) is 2.56. The summed E-state index contributed by atoms with van der Waals surface area (Å²) in [6.07, 6.45) is 1.57. The van der Waals surface area contributed by atoms with Crippen molar-refractivity contribution in [3.63, 3.8) is 0 Å². The summed E-state index contributed by atoms with van der Waals surface area (Å²) in [5, 5.41) is 4.13. The Kier molecular flexibility index (Phi) is 3.88. The van der Waals surface area contributed by atoms with E-state index in [9.17, 15) is 4.79 Å². The van der Waals surface area contributed by atoms with Crippen LogP contribution in [-0.4, -0.2) is 18.2 Å². The number of allylic oxidation sites excluding steroid dienone is 2. The van der Waals surface area contributed by atoms with Crippen molar-refractivity contribution in [3.8, 4) is 0 Å². The van der Waals surface area contributed by atoms with Gasteiger partial charge in [0.15, 0.2) is 5.78 Å². The Hall–Kier alpha value is -0.700. The Labute approximate surface area is 59.9 Å². The molecule has 50 valence electrons. The summed E-state index contributed by atoms with van der Waals surface area (Å²) in [5.74, 6) is -0.00130. The van der Waals surface area contributed by atoms with Gasteiger partial charge in [0.05, 0.1) is 5.70 Å². The molecule has 0 atom stereocenters. The van der Waals surface area contributed by atoms with E-state index in [1.54, 1.807) is 13.1 Å². The van der Waals surface area contributed by atoms with Gasteiger partial charge in [-0.3, -0.25) is 4.79 Å². The third-order valence-electron chi connectivity index (χ3n) is 0.883. The van der Waals surface area contributed by atoms with E-state index >= 15 is 0 Å². The predicted molar refractivity (Wildman–Crippen MR) is 41.5 cm³/mol. The molecule has 0 aliphatic heterocycles. The number of likely N-dealkylation sites (N-methyl/N-ethyl adjacent to an activating group) is 1. The molecule has 0 rings (SSSR count). The summed E-state index contributed by atoms with van der Waals surface area (Å²) in [7, 11) is 1.69. The molecule has 0 radical (unpaired) electrons. The van der Waals surface area contributed by atoms with Gasteiger partial charge in [-0.05, 0) is 6.08 Å². The lowest BCUT2D eigenvalue weighted by Gasteiger charge is -1.97. The molecule has 0 aromatic carbocycles. The van der Waals surface area contributed by atoms with Crippen molar-refractivity contribution < 1.29 is 4.79 Å². The average molecular weight is 143 g/mol. The summed E-state index contributed by atoms with van der Waals surface area (Å²) in [6, 6.07) is 0. The number of carbonyl (C=O) groups excluding carboxylic acids is 1. The second-order valence-corrected chi connectivity index (χ2v) is 1.79. The zero-order chi connectivity index (χ0) is 7.28. The number of hydrogen-bond donors (Lipinski definition) is 1. The molecule has 0 spiro atoms. The lowest BCUT2D eigenvalue weighted by Crippen LogP contribution is -2.12. The minimum Gasteiger partial charge on any atom is -0.385 e. The van der Waals surface area contributed by atoms with Gasteiger partial charge in [0.2, 0.25) is 0 Å². The molecule has 0 saturated carbocycles. The summed E-state index contributed by atoms with van der Waals surface area (Å²) in [5.41, 5.74) is 0.546. The molecule has 0 saturated heterocycles. The lowest BCUT2D eigenvalue weighted by molar-refractivity contribution is -0.113. The van der Waals surface area contributed by atoms with E-state index in [2.05, 4.69) is 17.5 Å². The zero-order valence-electron chi connectivity index (χ0n) is 5.47. The minimum absolute atomic E-state index is 0.00130. The average Bonchev–Trinajstić information content (AvgIpc) is 1.82. The highest BCUT2D eigenvalue weighted by Gasteiger charge is 1.95. The van der Waals surface area contributed by atoms with Crippen molar-refractivity contribution in [3.05, 3.63) is 11.8 Å². The summed E-state index contributed by atoms with van der Waals surface area (Å²) < 4.78 is 0. The first-order chi connectivity index (χ1) is 4.22. The van der Waals surface area contributed by atoms with E-state index < -0.39 is 0 Å². The van der Waals surface area contributed by atoms with E-state index in [0.717, 1.165) is 0 Å². The highest BCUT2D eigenvalue weighted by molar-refractivity contribution is 7.79. The molecule has 9 heavy (non-hydrogen) atoms. The molecule has 0 fully saturated rings. The van der Waals surface area contributed by atoms with Crippen LogP contribution >= 0.6 is 12.2 Å². The smallest absolute Gasteiger partial charge is 0.175 e. The van der Waals surface area contributed by atoms with E-state index in [1.807, 2.05) is 0 Å². The first kappa shape index (κ1) is 8.30. The summed E-state index contributed by atoms with van der Waals surface area (Å²) in [6.45, 7) is 1.49. The topological polar surface area (TPSA) is 29.1 Å². The van der Waals surface area contributed by atoms with E-state index in [-0.39, 0.29) is 5.78 Å². The maximum atomic E-state index is 10.6. The normalized spacial score (nSPS) is 10.7. The molecule has 3 heteroatoms. The molecule has 0 aliphatic rings. The van der Waals surface area contributed by atoms with Gasteiger partial charge < -0.3 is 5.32 Å². The monoisotopic (exact) mass is 143 g/mol. The Morgan fingerprint density at radius 3 is 2.33 bits per heavy atom. The van der Waals surface area contributed by atoms with Crippen molar-refractivity contribution >= 4 is 23.4 Å². The second-order valence-electron chi connectivity index (χ2n) is 1.52. The van der Waals surface area contributed by atoms with Gasteiger partial charge in [0, 0.05) is 19.3 Å². The van der Waals surface area contributed by atoms with Crippen LogP contribution in [0.3, 0.4) is 0 Å². The van der Waals surface area contributed by atoms with Crippen molar-refractivity contribution in [2.75, 3.05) is 7.05 Å². The zero-order valence-corrected chi connectivity index (χ0v) is 6.29. The maximum Gasteiger partial charge on any atom is 0.175 e. The largest absolute Gasteiger partial charge is 0.385 e. The number of Topliss-reactive ketones (excluding diaryl/α,β-unsaturated/α-hetero) is 1. The van der Waals surface area contributed by atoms with E-state index in [4.69, 9.17) is 0 Å². The highest BCUT2D eigenvalue weighted by atomic mass is 32.1. The molecule has 0 bridgehead atoms. The number of carbonyl (C=O) groups is 1. The molecule has 0 aliphatic carbocycles. The second kappa shape index (κ2) is 4.21. The number of ketones is 1. The van der Waals surface area contributed by atoms with Crippen LogP contribution in [-0.2, 0) is 4.79 Å². The molecular formula is C6H9NOS. The number of hydrogen-bond acceptors (Lipinski definition) is 3. The number of nitrogens with one attached hydrogen (secondary N) is 1. The lowest BCUT2D eigenvalue weighted by atomic mass is 10.3. The highest BCUT2D eigenvalue weighted by Crippen LogP contribution is 1.86. The standard InChI is InChI=1S/C6H9NOS/c1-5(8)6(7-2)3-4-9/h3-4,7H,1-2H3/b6-3-. The van der Waals surface area contributed by atoms with Crippen LogP contribution in [0.25, 0.3) is 0 Å². The van der Waals surface area contributed by atoms with Gasteiger partial charge in [-0.1, -0.05) is 12.2 Å². The van der Waals surface area contributed by atoms with E-state index in [0.29, 0.717) is 5.70 Å². The number of rotatable bonds is 3. The van der Waals surface area contributed by atoms with Crippen molar-refractivity contribution in [1.82, 2.24) is 5.32 Å². The molecule has 0 unspecified atom stereocenters. The Morgan fingerprint density at radius 2 is 2.22 bits per heavy atom. The van der Waals surface area contributed by atoms with Crippen LogP contribution in [0.2, 0.25) is 0 Å². The van der Waals surface area contributed by atoms with Gasteiger partial charge in [-0.15, -0.1) is 0 Å². The van der Waals surface area contributed by atoms with Crippen LogP contribution in [0.4, 0.5) is 0 Å². The van der Waals surface area contributed by atoms with Crippen LogP contribution < -0.4 is 5.32 Å². The fraction of sp³-hybridized carbons (Fsp3) is 0.333. The molecule has 1 N–H and O–H groups in total. The van der Waals surface area contributed by atoms with Gasteiger partial charge in [-0.2, -0.15) is 0 Å². The van der Waals surface area contributed by atoms with Crippen LogP contribution in [0.1, 0.15) is 6.92 Å².